The molecule has 5 aromatic rings. The Morgan fingerprint density at radius 2 is 1.76 bits per heavy atom. The molecule has 0 saturated carbocycles. The van der Waals surface area contributed by atoms with Gasteiger partial charge in [0, 0.05) is 86.8 Å². The maximum atomic E-state index is 14.5. The zero-order valence-corrected chi connectivity index (χ0v) is 40.0. The smallest absolute Gasteiger partial charge is 0.297 e. The standard InChI is InChI=1S/C49H56ClN9O8S/c1-31-27-58(43-22-33-11-13-51-46(33)53-48(43)67-31)41-23-37(57-16-14-55(15-17-57)28-34-10-12-49(2,3)26-40(34)32-4-6-35(50)7-5-32)8-9-39(41)47(60)54-68(63,64)38-24-42(59(61)62)45-44(25-38)66-30-36(52-45)29-56-18-20-65-21-19-56/h4-9,11,13,22-25,31,36,52H,10,12,14-21,26-30H2,1-3H3,(H,51,53)(H,54,60)/t31-,36+/m1/s1. The zero-order chi connectivity index (χ0) is 47.3. The van der Waals surface area contributed by atoms with Gasteiger partial charge in [-0.25, -0.2) is 13.1 Å². The number of fused-ring (bicyclic) bond motifs is 3. The number of nitrogens with zero attached hydrogens (tertiary/aromatic N) is 6. The van der Waals surface area contributed by atoms with E-state index in [0.717, 1.165) is 87.2 Å². The second-order valence-electron chi connectivity index (χ2n) is 19.2. The molecule has 4 aliphatic heterocycles. The van der Waals surface area contributed by atoms with Crippen molar-refractivity contribution in [3.8, 4) is 11.6 Å². The molecule has 3 N–H and O–H groups in total. The van der Waals surface area contributed by atoms with Crippen LogP contribution >= 0.6 is 11.6 Å². The van der Waals surface area contributed by atoms with Gasteiger partial charge in [0.05, 0.1) is 46.9 Å². The number of halogens is 1. The number of pyridine rings is 1. The first-order valence-corrected chi connectivity index (χ1v) is 25.1. The second kappa shape index (κ2) is 18.5. The van der Waals surface area contributed by atoms with Crippen LogP contribution in [0.15, 0.2) is 83.4 Å². The summed E-state index contributed by atoms with van der Waals surface area (Å²) in [5.41, 5.74) is 6.63. The van der Waals surface area contributed by atoms with Gasteiger partial charge in [0.15, 0.2) is 11.4 Å². The molecule has 6 heterocycles. The minimum absolute atomic E-state index is 0.0132. The summed E-state index contributed by atoms with van der Waals surface area (Å²) < 4.78 is 48.2. The molecule has 2 atom stereocenters. The first-order chi connectivity index (χ1) is 32.7. The Kier molecular flexibility index (Phi) is 12.5. The van der Waals surface area contributed by atoms with Crippen LogP contribution in [-0.4, -0.2) is 130 Å². The SMILES string of the molecule is C[C@@H]1CN(c2cc(N3CCN(CC4=C(c5ccc(Cl)cc5)CC(C)(C)CC4)CC3)ccc2C(=O)NS(=O)(=O)c2cc3c(c([N+](=O)[O-])c2)N[C@@H](CN2CCOCC2)CO3)c2cc3cc[nH]c3nc2O1. The van der Waals surface area contributed by atoms with E-state index in [0.29, 0.717) is 49.2 Å². The molecule has 19 heteroatoms. The van der Waals surface area contributed by atoms with Crippen LogP contribution in [0.25, 0.3) is 16.6 Å². The van der Waals surface area contributed by atoms with Gasteiger partial charge in [-0.05, 0) is 85.2 Å². The van der Waals surface area contributed by atoms with E-state index < -0.39 is 31.4 Å². The molecule has 2 aromatic heterocycles. The average molecular weight is 967 g/mol. The molecule has 3 aromatic carbocycles. The Labute approximate surface area is 400 Å². The molecule has 0 radical (unpaired) electrons. The minimum Gasteiger partial charge on any atom is -0.489 e. The fourth-order valence-electron chi connectivity index (χ4n) is 10.1. The third-order valence-corrected chi connectivity index (χ3v) is 15.3. The highest BCUT2D eigenvalue weighted by molar-refractivity contribution is 7.90. The van der Waals surface area contributed by atoms with Crippen molar-refractivity contribution in [2.24, 2.45) is 5.41 Å². The molecule has 17 nitrogen and oxygen atoms in total. The van der Waals surface area contributed by atoms with Crippen molar-refractivity contribution in [1.82, 2.24) is 24.5 Å². The molecule has 5 aliphatic rings. The third-order valence-electron chi connectivity index (χ3n) is 13.7. The maximum absolute atomic E-state index is 14.5. The number of anilines is 4. The van der Waals surface area contributed by atoms with Crippen molar-refractivity contribution < 1.29 is 32.3 Å². The van der Waals surface area contributed by atoms with E-state index in [1.807, 2.05) is 48.2 Å². The highest BCUT2D eigenvalue weighted by atomic mass is 35.5. The van der Waals surface area contributed by atoms with Crippen LogP contribution in [0.3, 0.4) is 0 Å². The summed E-state index contributed by atoms with van der Waals surface area (Å²) in [5, 5.41) is 17.2. The van der Waals surface area contributed by atoms with Gasteiger partial charge in [-0.1, -0.05) is 43.2 Å². The summed E-state index contributed by atoms with van der Waals surface area (Å²) in [7, 11) is -4.67. The number of nitro benzene ring substituents is 1. The van der Waals surface area contributed by atoms with Crippen molar-refractivity contribution in [3.63, 3.8) is 0 Å². The van der Waals surface area contributed by atoms with E-state index >= 15 is 0 Å². The van der Waals surface area contributed by atoms with Crippen molar-refractivity contribution >= 4 is 72.6 Å². The minimum atomic E-state index is -4.67. The molecule has 358 valence electrons. The average Bonchev–Trinajstić information content (AvgIpc) is 3.78. The van der Waals surface area contributed by atoms with Gasteiger partial charge in [0.25, 0.3) is 21.6 Å². The lowest BCUT2D eigenvalue weighted by molar-refractivity contribution is -0.384. The van der Waals surface area contributed by atoms with E-state index in [-0.39, 0.29) is 41.2 Å². The summed E-state index contributed by atoms with van der Waals surface area (Å²) >= 11 is 6.28. The Hall–Kier alpha value is -5.92. The number of carbonyl (C=O) groups excluding carboxylic acids is 1. The van der Waals surface area contributed by atoms with Crippen LogP contribution in [0.4, 0.5) is 28.4 Å². The summed E-state index contributed by atoms with van der Waals surface area (Å²) in [4.78, 5) is 42.7. The molecule has 0 bridgehead atoms. The number of amides is 1. The molecule has 0 spiro atoms. The van der Waals surface area contributed by atoms with Crippen LogP contribution in [-0.2, 0) is 14.8 Å². The summed E-state index contributed by atoms with van der Waals surface area (Å²) in [6.07, 6.45) is 4.64. The third kappa shape index (κ3) is 9.56. The van der Waals surface area contributed by atoms with Gasteiger partial charge < -0.3 is 34.3 Å². The summed E-state index contributed by atoms with van der Waals surface area (Å²) in [5.74, 6) is -0.519. The maximum Gasteiger partial charge on any atom is 0.297 e. The van der Waals surface area contributed by atoms with Crippen molar-refractivity contribution in [2.45, 2.75) is 57.1 Å². The number of carbonyl (C=O) groups is 1. The van der Waals surface area contributed by atoms with Crippen molar-refractivity contribution in [1.29, 1.82) is 0 Å². The van der Waals surface area contributed by atoms with Gasteiger partial charge in [0.2, 0.25) is 5.88 Å². The first kappa shape index (κ1) is 45.8. The number of aromatic nitrogens is 2. The van der Waals surface area contributed by atoms with Crippen molar-refractivity contribution in [3.05, 3.63) is 105 Å². The number of hydrogen-bond donors (Lipinski definition) is 3. The molecule has 1 amide bonds. The molecular formula is C49H56ClN9O8S. The Bertz CT molecular complexity index is 2890. The number of rotatable bonds is 11. The van der Waals surface area contributed by atoms with E-state index in [2.05, 4.69) is 55.7 Å². The Morgan fingerprint density at radius 1 is 0.985 bits per heavy atom. The van der Waals surface area contributed by atoms with E-state index in [1.165, 1.54) is 22.8 Å². The number of allylic oxidation sites excluding steroid dienone is 1. The number of benzene rings is 3. The van der Waals surface area contributed by atoms with Gasteiger partial charge in [-0.3, -0.25) is 24.7 Å². The molecule has 1 aliphatic carbocycles. The quantitative estimate of drug-likeness (QED) is 0.0875. The Morgan fingerprint density at radius 3 is 2.53 bits per heavy atom. The van der Waals surface area contributed by atoms with Gasteiger partial charge in [-0.15, -0.1) is 0 Å². The normalized spacial score (nSPS) is 21.1. The van der Waals surface area contributed by atoms with Gasteiger partial charge in [-0.2, -0.15) is 4.98 Å². The lowest BCUT2D eigenvalue weighted by Crippen LogP contribution is -2.47. The van der Waals surface area contributed by atoms with Gasteiger partial charge >= 0.3 is 0 Å². The van der Waals surface area contributed by atoms with Crippen LogP contribution in [0.5, 0.6) is 11.6 Å². The van der Waals surface area contributed by atoms with Crippen LogP contribution in [0.1, 0.15) is 56.0 Å². The highest BCUT2D eigenvalue weighted by Crippen LogP contribution is 2.45. The number of aromatic amines is 1. The number of H-pyrrole nitrogens is 1. The number of piperazine rings is 1. The van der Waals surface area contributed by atoms with Crippen molar-refractivity contribution in [2.75, 3.05) is 93.8 Å². The fourth-order valence-corrected chi connectivity index (χ4v) is 11.2. The number of ether oxygens (including phenoxy) is 3. The fraction of sp³-hybridized carbons (Fsp3) is 0.429. The number of nitrogens with one attached hydrogen (secondary N) is 3. The number of sulfonamides is 1. The number of nitro groups is 1. The Balaban J connectivity index is 0.927. The predicted octanol–water partition coefficient (Wildman–Crippen LogP) is 7.45. The molecule has 2 fully saturated rings. The topological polar surface area (TPSA) is 188 Å². The first-order valence-electron chi connectivity index (χ1n) is 23.3. The van der Waals surface area contributed by atoms with Crippen LogP contribution < -0.4 is 29.3 Å². The number of morpholine rings is 1. The van der Waals surface area contributed by atoms with Gasteiger partial charge in [0.1, 0.15) is 24.0 Å². The zero-order valence-electron chi connectivity index (χ0n) is 38.4. The predicted molar refractivity (Wildman–Crippen MR) is 262 cm³/mol. The van der Waals surface area contributed by atoms with Crippen LogP contribution in [0.2, 0.25) is 5.02 Å². The molecule has 0 unspecified atom stereocenters. The lowest BCUT2D eigenvalue weighted by Gasteiger charge is -2.40. The largest absolute Gasteiger partial charge is 0.489 e. The monoisotopic (exact) mass is 965 g/mol. The summed E-state index contributed by atoms with van der Waals surface area (Å²) in [6.45, 7) is 14.3. The van der Waals surface area contributed by atoms with Crippen LogP contribution in [0, 0.1) is 15.5 Å². The second-order valence-corrected chi connectivity index (χ2v) is 21.4. The van der Waals surface area contributed by atoms with E-state index in [4.69, 9.17) is 30.8 Å². The summed E-state index contributed by atoms with van der Waals surface area (Å²) in [6, 6.07) is 19.4. The molecule has 2 saturated heterocycles. The van der Waals surface area contributed by atoms with E-state index in [9.17, 15) is 23.3 Å². The van der Waals surface area contributed by atoms with E-state index in [1.54, 1.807) is 12.3 Å². The highest BCUT2D eigenvalue weighted by Gasteiger charge is 2.35. The molecule has 10 rings (SSSR count). The lowest BCUT2D eigenvalue weighted by atomic mass is 9.72. The molecular weight excluding hydrogens is 910 g/mol. The molecule has 68 heavy (non-hydrogen) atoms. The number of hydrogen-bond acceptors (Lipinski definition) is 14.